The van der Waals surface area contributed by atoms with E-state index in [0.717, 1.165) is 11.6 Å². The van der Waals surface area contributed by atoms with Gasteiger partial charge in [-0.3, -0.25) is 10.1 Å². The van der Waals surface area contributed by atoms with Crippen molar-refractivity contribution >= 4 is 5.69 Å². The van der Waals surface area contributed by atoms with Crippen molar-refractivity contribution < 1.29 is 10.0 Å². The highest BCUT2D eigenvalue weighted by molar-refractivity contribution is 5.35. The molecule has 19 heavy (non-hydrogen) atoms. The first kappa shape index (κ1) is 13.1. The molecule has 1 aromatic carbocycles. The van der Waals surface area contributed by atoms with Crippen molar-refractivity contribution in [2.24, 2.45) is 10.2 Å². The number of azo groups is 1. The molecule has 0 saturated carbocycles. The van der Waals surface area contributed by atoms with Crippen molar-refractivity contribution in [3.63, 3.8) is 0 Å². The summed E-state index contributed by atoms with van der Waals surface area (Å²) in [5, 5.41) is 28.8. The van der Waals surface area contributed by atoms with Crippen LogP contribution in [0.25, 0.3) is 0 Å². The molecule has 2 unspecified atom stereocenters. The van der Waals surface area contributed by atoms with Crippen molar-refractivity contribution in [2.45, 2.75) is 18.7 Å². The molecular formula is C13H13N3O3. The summed E-state index contributed by atoms with van der Waals surface area (Å²) >= 11 is 0. The lowest BCUT2D eigenvalue weighted by molar-refractivity contribution is -0.609. The summed E-state index contributed by atoms with van der Waals surface area (Å²) in [6.07, 6.45) is 4.16. The van der Waals surface area contributed by atoms with E-state index < -0.39 is 16.7 Å². The second kappa shape index (κ2) is 5.11. The Balaban J connectivity index is 2.28. The molecule has 1 aromatic rings. The molecule has 0 bridgehead atoms. The van der Waals surface area contributed by atoms with E-state index in [0.29, 0.717) is 5.69 Å². The lowest BCUT2D eigenvalue weighted by atomic mass is 9.96. The minimum Gasteiger partial charge on any atom is -0.325 e. The van der Waals surface area contributed by atoms with Crippen LogP contribution in [0.3, 0.4) is 0 Å². The van der Waals surface area contributed by atoms with Gasteiger partial charge in [0.1, 0.15) is 0 Å². The second-order valence-corrected chi connectivity index (χ2v) is 4.28. The predicted molar refractivity (Wildman–Crippen MR) is 69.6 cm³/mol. The van der Waals surface area contributed by atoms with Crippen LogP contribution in [0.2, 0.25) is 0 Å². The van der Waals surface area contributed by atoms with E-state index >= 15 is 0 Å². The Morgan fingerprint density at radius 3 is 2.68 bits per heavy atom. The molecule has 0 spiro atoms. The highest BCUT2D eigenvalue weighted by Gasteiger charge is 2.47. The monoisotopic (exact) mass is 259 g/mol. The number of nitro groups is 1. The van der Waals surface area contributed by atoms with Crippen molar-refractivity contribution in [1.82, 2.24) is 0 Å². The molecule has 0 amide bonds. The lowest BCUT2D eigenvalue weighted by Gasteiger charge is -2.22. The number of benzene rings is 1. The van der Waals surface area contributed by atoms with Crippen LogP contribution in [0, 0.1) is 10.1 Å². The van der Waals surface area contributed by atoms with Crippen LogP contribution >= 0.6 is 0 Å². The SMILES string of the molecule is CC1=CC(N=Nc2ccccc2)C(O)([N+](=O)[O-])C=C1. The molecule has 2 rings (SSSR count). The van der Waals surface area contributed by atoms with E-state index in [1.54, 1.807) is 31.2 Å². The average Bonchev–Trinajstić information content (AvgIpc) is 2.41. The van der Waals surface area contributed by atoms with E-state index in [9.17, 15) is 15.2 Å². The van der Waals surface area contributed by atoms with Crippen LogP contribution in [-0.2, 0) is 0 Å². The van der Waals surface area contributed by atoms with Crippen molar-refractivity contribution in [3.8, 4) is 0 Å². The van der Waals surface area contributed by atoms with Crippen LogP contribution < -0.4 is 0 Å². The normalized spacial score (nSPS) is 26.4. The van der Waals surface area contributed by atoms with Crippen LogP contribution in [0.15, 0.2) is 64.4 Å². The number of rotatable bonds is 3. The molecule has 2 atom stereocenters. The Labute approximate surface area is 109 Å². The average molecular weight is 259 g/mol. The van der Waals surface area contributed by atoms with Crippen LogP contribution in [-0.4, -0.2) is 21.8 Å². The van der Waals surface area contributed by atoms with E-state index in [2.05, 4.69) is 10.2 Å². The van der Waals surface area contributed by atoms with Gasteiger partial charge >= 0.3 is 5.72 Å². The van der Waals surface area contributed by atoms with Gasteiger partial charge in [-0.25, -0.2) is 0 Å². The molecule has 0 fully saturated rings. The molecule has 98 valence electrons. The van der Waals surface area contributed by atoms with Gasteiger partial charge in [0.25, 0.3) is 0 Å². The zero-order valence-corrected chi connectivity index (χ0v) is 10.3. The molecule has 6 nitrogen and oxygen atoms in total. The Bertz CT molecular complexity index is 566. The van der Waals surface area contributed by atoms with Gasteiger partial charge in [-0.1, -0.05) is 29.8 Å². The number of allylic oxidation sites excluding steroid dienone is 2. The highest BCUT2D eigenvalue weighted by Crippen LogP contribution is 2.26. The predicted octanol–water partition coefficient (Wildman–Crippen LogP) is 2.62. The van der Waals surface area contributed by atoms with E-state index in [4.69, 9.17) is 0 Å². The first-order chi connectivity index (χ1) is 9.02. The van der Waals surface area contributed by atoms with Gasteiger partial charge in [-0.15, -0.1) is 0 Å². The first-order valence-corrected chi connectivity index (χ1v) is 5.73. The van der Waals surface area contributed by atoms with Gasteiger partial charge in [0.2, 0.25) is 0 Å². The maximum Gasteiger partial charge on any atom is 0.370 e. The smallest absolute Gasteiger partial charge is 0.325 e. The zero-order valence-electron chi connectivity index (χ0n) is 10.3. The summed E-state index contributed by atoms with van der Waals surface area (Å²) < 4.78 is 0. The summed E-state index contributed by atoms with van der Waals surface area (Å²) in [6, 6.07) is 7.83. The largest absolute Gasteiger partial charge is 0.370 e. The Kier molecular flexibility index (Phi) is 3.52. The van der Waals surface area contributed by atoms with Crippen molar-refractivity contribution in [3.05, 3.63) is 64.2 Å². The molecule has 0 aliphatic heterocycles. The van der Waals surface area contributed by atoms with Gasteiger partial charge in [0.15, 0.2) is 6.04 Å². The van der Waals surface area contributed by atoms with Crippen molar-refractivity contribution in [2.75, 3.05) is 0 Å². The van der Waals surface area contributed by atoms with Crippen LogP contribution in [0.4, 0.5) is 5.69 Å². The summed E-state index contributed by atoms with van der Waals surface area (Å²) in [7, 11) is 0. The summed E-state index contributed by atoms with van der Waals surface area (Å²) in [4.78, 5) is 10.2. The van der Waals surface area contributed by atoms with E-state index in [1.807, 2.05) is 6.07 Å². The standard InChI is InChI=1S/C13H13N3O3/c1-10-7-8-13(17,16(18)19)12(9-10)15-14-11-5-3-2-4-6-11/h2-9,12,17H,1H3. The third-order valence-electron chi connectivity index (χ3n) is 2.79. The topological polar surface area (TPSA) is 88.1 Å². The van der Waals surface area contributed by atoms with E-state index in [-0.39, 0.29) is 0 Å². The molecule has 0 heterocycles. The van der Waals surface area contributed by atoms with Crippen LogP contribution in [0.5, 0.6) is 0 Å². The third-order valence-corrected chi connectivity index (χ3v) is 2.79. The number of hydrogen-bond acceptors (Lipinski definition) is 5. The van der Waals surface area contributed by atoms with Gasteiger partial charge in [-0.05, 0) is 25.1 Å². The molecule has 1 aliphatic carbocycles. The van der Waals surface area contributed by atoms with Gasteiger partial charge in [0.05, 0.1) is 10.6 Å². The molecule has 0 aromatic heterocycles. The van der Waals surface area contributed by atoms with E-state index in [1.165, 1.54) is 12.2 Å². The molecule has 1 aliphatic rings. The Morgan fingerprint density at radius 2 is 2.05 bits per heavy atom. The Hall–Kier alpha value is -2.34. The molecule has 6 heteroatoms. The molecular weight excluding hydrogens is 246 g/mol. The van der Waals surface area contributed by atoms with Gasteiger partial charge in [0, 0.05) is 6.08 Å². The summed E-state index contributed by atoms with van der Waals surface area (Å²) in [5.41, 5.74) is -0.866. The molecule has 1 N–H and O–H groups in total. The van der Waals surface area contributed by atoms with Crippen molar-refractivity contribution in [1.29, 1.82) is 0 Å². The molecule has 0 saturated heterocycles. The second-order valence-electron chi connectivity index (χ2n) is 4.28. The van der Waals surface area contributed by atoms with Gasteiger partial charge < -0.3 is 5.11 Å². The highest BCUT2D eigenvalue weighted by atomic mass is 16.7. The van der Waals surface area contributed by atoms with Crippen LogP contribution in [0.1, 0.15) is 6.92 Å². The number of aliphatic hydroxyl groups is 1. The quantitative estimate of drug-likeness (QED) is 0.391. The lowest BCUT2D eigenvalue weighted by Crippen LogP contribution is -2.47. The number of hydrogen-bond donors (Lipinski definition) is 1. The first-order valence-electron chi connectivity index (χ1n) is 5.73. The maximum atomic E-state index is 11.0. The fraction of sp³-hybridized carbons (Fsp3) is 0.231. The third kappa shape index (κ3) is 2.74. The fourth-order valence-electron chi connectivity index (χ4n) is 1.69. The zero-order chi connectivity index (χ0) is 13.9. The Morgan fingerprint density at radius 1 is 1.37 bits per heavy atom. The van der Waals surface area contributed by atoms with Gasteiger partial charge in [-0.2, -0.15) is 10.2 Å². The summed E-state index contributed by atoms with van der Waals surface area (Å²) in [5.74, 6) is 0. The minimum atomic E-state index is -2.24. The minimum absolute atomic E-state index is 0.578. The number of nitrogens with zero attached hydrogens (tertiary/aromatic N) is 3. The fourth-order valence-corrected chi connectivity index (χ4v) is 1.69. The summed E-state index contributed by atoms with van der Waals surface area (Å²) in [6.45, 7) is 1.78. The maximum absolute atomic E-state index is 11.0. The molecule has 0 radical (unpaired) electrons.